The van der Waals surface area contributed by atoms with Crippen molar-refractivity contribution in [2.24, 2.45) is 0 Å². The van der Waals surface area contributed by atoms with Gasteiger partial charge in [0.05, 0.1) is 0 Å². The molecule has 0 aliphatic heterocycles. The molecule has 3 N–H and O–H groups in total. The Morgan fingerprint density at radius 3 is 2.92 bits per heavy atom. The molecule has 0 saturated heterocycles. The zero-order valence-corrected chi connectivity index (χ0v) is 8.25. The molecular weight excluding hydrogens is 232 g/mol. The van der Waals surface area contributed by atoms with Crippen LogP contribution >= 0.6 is 15.9 Å². The fourth-order valence-electron chi connectivity index (χ4n) is 1.07. The molecule has 0 spiro atoms. The summed E-state index contributed by atoms with van der Waals surface area (Å²) in [5.74, 6) is 0.679. The first-order chi connectivity index (χ1) is 6.27. The molecule has 0 bridgehead atoms. The normalized spacial score (nSPS) is 10.2. The molecule has 2 aromatic rings. The van der Waals surface area contributed by atoms with Crippen LogP contribution in [0.4, 0.5) is 5.69 Å². The third kappa shape index (κ3) is 1.55. The number of anilines is 1. The summed E-state index contributed by atoms with van der Waals surface area (Å²) in [5, 5.41) is 6.52. The summed E-state index contributed by atoms with van der Waals surface area (Å²) in [5.41, 5.74) is 7.31. The SMILES string of the molecule is Nc1ccc(Br)cc1-c1ncn[nH]1. The average molecular weight is 239 g/mol. The lowest BCUT2D eigenvalue weighted by atomic mass is 10.2. The lowest BCUT2D eigenvalue weighted by Crippen LogP contribution is -1.91. The Kier molecular flexibility index (Phi) is 2.02. The number of nitrogen functional groups attached to an aromatic ring is 1. The predicted octanol–water partition coefficient (Wildman–Crippen LogP) is 1.82. The fraction of sp³-hybridized carbons (Fsp3) is 0. The minimum absolute atomic E-state index is 0.679. The molecule has 0 fully saturated rings. The molecule has 0 unspecified atom stereocenters. The lowest BCUT2D eigenvalue weighted by Gasteiger charge is -2.01. The monoisotopic (exact) mass is 238 g/mol. The number of hydrogen-bond donors (Lipinski definition) is 2. The summed E-state index contributed by atoms with van der Waals surface area (Å²) in [6, 6.07) is 5.60. The number of benzene rings is 1. The van der Waals surface area contributed by atoms with Crippen molar-refractivity contribution in [1.29, 1.82) is 0 Å². The number of hydrogen-bond acceptors (Lipinski definition) is 3. The number of rotatable bonds is 1. The van der Waals surface area contributed by atoms with Gasteiger partial charge in [-0.15, -0.1) is 0 Å². The van der Waals surface area contributed by atoms with Crippen LogP contribution < -0.4 is 5.73 Å². The van der Waals surface area contributed by atoms with Gasteiger partial charge in [0.15, 0.2) is 5.82 Å². The number of aromatic nitrogens is 3. The van der Waals surface area contributed by atoms with Crippen LogP contribution in [0.15, 0.2) is 29.0 Å². The van der Waals surface area contributed by atoms with Crippen LogP contribution in [0.3, 0.4) is 0 Å². The van der Waals surface area contributed by atoms with E-state index in [4.69, 9.17) is 5.73 Å². The summed E-state index contributed by atoms with van der Waals surface area (Å²) in [6.45, 7) is 0. The first-order valence-corrected chi connectivity index (χ1v) is 4.47. The molecule has 4 nitrogen and oxygen atoms in total. The van der Waals surface area contributed by atoms with E-state index in [0.717, 1.165) is 10.0 Å². The number of H-pyrrole nitrogens is 1. The predicted molar refractivity (Wildman–Crippen MR) is 53.9 cm³/mol. The maximum atomic E-state index is 5.77. The molecule has 0 amide bonds. The lowest BCUT2D eigenvalue weighted by molar-refractivity contribution is 1.10. The van der Waals surface area contributed by atoms with Gasteiger partial charge in [-0.05, 0) is 18.2 Å². The summed E-state index contributed by atoms with van der Waals surface area (Å²) in [7, 11) is 0. The van der Waals surface area contributed by atoms with Crippen molar-refractivity contribution < 1.29 is 0 Å². The maximum Gasteiger partial charge on any atom is 0.157 e. The van der Waals surface area contributed by atoms with Gasteiger partial charge in [-0.3, -0.25) is 5.10 Å². The molecule has 0 aliphatic carbocycles. The van der Waals surface area contributed by atoms with E-state index in [2.05, 4.69) is 31.1 Å². The molecule has 0 aliphatic rings. The van der Waals surface area contributed by atoms with Crippen LogP contribution in [0.2, 0.25) is 0 Å². The Bertz CT molecular complexity index is 410. The number of nitrogens with one attached hydrogen (secondary N) is 1. The summed E-state index contributed by atoms with van der Waals surface area (Å²) < 4.78 is 0.966. The van der Waals surface area contributed by atoms with Crippen LogP contribution in [-0.4, -0.2) is 15.2 Å². The molecule has 0 atom stereocenters. The Morgan fingerprint density at radius 1 is 1.38 bits per heavy atom. The Morgan fingerprint density at radius 2 is 2.23 bits per heavy atom. The van der Waals surface area contributed by atoms with Crippen LogP contribution in [-0.2, 0) is 0 Å². The standard InChI is InChI=1S/C8H7BrN4/c9-5-1-2-7(10)6(3-5)8-11-4-12-13-8/h1-4H,10H2,(H,11,12,13). The smallest absolute Gasteiger partial charge is 0.157 e. The van der Waals surface area contributed by atoms with Crippen molar-refractivity contribution >= 4 is 21.6 Å². The van der Waals surface area contributed by atoms with Crippen molar-refractivity contribution in [3.8, 4) is 11.4 Å². The second kappa shape index (κ2) is 3.18. The topological polar surface area (TPSA) is 67.6 Å². The van der Waals surface area contributed by atoms with Crippen LogP contribution in [0, 0.1) is 0 Å². The van der Waals surface area contributed by atoms with Crippen LogP contribution in [0.25, 0.3) is 11.4 Å². The molecule has 2 rings (SSSR count). The molecular formula is C8H7BrN4. The van der Waals surface area contributed by atoms with Gasteiger partial charge >= 0.3 is 0 Å². The molecule has 1 heterocycles. The van der Waals surface area contributed by atoms with E-state index in [0.29, 0.717) is 11.5 Å². The van der Waals surface area contributed by atoms with Crippen molar-refractivity contribution in [2.45, 2.75) is 0 Å². The molecule has 13 heavy (non-hydrogen) atoms. The third-order valence-electron chi connectivity index (χ3n) is 1.69. The summed E-state index contributed by atoms with van der Waals surface area (Å²) in [4.78, 5) is 4.02. The van der Waals surface area contributed by atoms with Gasteiger partial charge < -0.3 is 5.73 Å². The highest BCUT2D eigenvalue weighted by Crippen LogP contribution is 2.25. The summed E-state index contributed by atoms with van der Waals surface area (Å²) >= 11 is 3.36. The Balaban J connectivity index is 2.57. The number of nitrogens with two attached hydrogens (primary N) is 1. The van der Waals surface area contributed by atoms with Crippen molar-refractivity contribution in [3.63, 3.8) is 0 Å². The number of halogens is 1. The maximum absolute atomic E-state index is 5.77. The van der Waals surface area contributed by atoms with Gasteiger partial charge in [-0.25, -0.2) is 4.98 Å². The minimum Gasteiger partial charge on any atom is -0.398 e. The Labute approximate surface area is 83.3 Å². The molecule has 0 saturated carbocycles. The van der Waals surface area contributed by atoms with Gasteiger partial charge in [0, 0.05) is 15.7 Å². The first kappa shape index (κ1) is 8.25. The van der Waals surface area contributed by atoms with Gasteiger partial charge in [0.25, 0.3) is 0 Å². The summed E-state index contributed by atoms with van der Waals surface area (Å²) in [6.07, 6.45) is 1.45. The van der Waals surface area contributed by atoms with Crippen molar-refractivity contribution in [1.82, 2.24) is 15.2 Å². The minimum atomic E-state index is 0.679. The second-order valence-corrected chi connectivity index (χ2v) is 3.48. The van der Waals surface area contributed by atoms with Crippen LogP contribution in [0.1, 0.15) is 0 Å². The van der Waals surface area contributed by atoms with E-state index < -0.39 is 0 Å². The molecule has 1 aromatic carbocycles. The van der Waals surface area contributed by atoms with Gasteiger partial charge in [0.2, 0.25) is 0 Å². The van der Waals surface area contributed by atoms with E-state index in [1.807, 2.05) is 18.2 Å². The quantitative estimate of drug-likeness (QED) is 0.745. The molecule has 5 heteroatoms. The molecule has 66 valence electrons. The highest BCUT2D eigenvalue weighted by atomic mass is 79.9. The van der Waals surface area contributed by atoms with E-state index in [1.165, 1.54) is 6.33 Å². The van der Waals surface area contributed by atoms with Gasteiger partial charge in [-0.1, -0.05) is 15.9 Å². The van der Waals surface area contributed by atoms with E-state index in [1.54, 1.807) is 0 Å². The Hall–Kier alpha value is -1.36. The van der Waals surface area contributed by atoms with Crippen molar-refractivity contribution in [3.05, 3.63) is 29.0 Å². The zero-order valence-electron chi connectivity index (χ0n) is 6.66. The number of aromatic amines is 1. The van der Waals surface area contributed by atoms with E-state index >= 15 is 0 Å². The van der Waals surface area contributed by atoms with Gasteiger partial charge in [0.1, 0.15) is 6.33 Å². The van der Waals surface area contributed by atoms with E-state index in [9.17, 15) is 0 Å². The fourth-order valence-corrected chi connectivity index (χ4v) is 1.43. The van der Waals surface area contributed by atoms with Crippen molar-refractivity contribution in [2.75, 3.05) is 5.73 Å². The highest BCUT2D eigenvalue weighted by Gasteiger charge is 2.04. The molecule has 0 radical (unpaired) electrons. The number of nitrogens with zero attached hydrogens (tertiary/aromatic N) is 2. The average Bonchev–Trinajstić information content (AvgIpc) is 2.61. The largest absolute Gasteiger partial charge is 0.398 e. The van der Waals surface area contributed by atoms with E-state index in [-0.39, 0.29) is 0 Å². The zero-order chi connectivity index (χ0) is 9.26. The molecule has 1 aromatic heterocycles. The van der Waals surface area contributed by atoms with Gasteiger partial charge in [-0.2, -0.15) is 5.10 Å². The highest BCUT2D eigenvalue weighted by molar-refractivity contribution is 9.10. The third-order valence-corrected chi connectivity index (χ3v) is 2.18. The first-order valence-electron chi connectivity index (χ1n) is 3.68. The van der Waals surface area contributed by atoms with Crippen LogP contribution in [0.5, 0.6) is 0 Å². The second-order valence-electron chi connectivity index (χ2n) is 2.57.